The van der Waals surface area contributed by atoms with E-state index in [4.69, 9.17) is 8.37 Å². The number of carbonyl (C=O) groups is 1. The molecule has 0 aliphatic rings. The first-order valence-electron chi connectivity index (χ1n) is 9.25. The summed E-state index contributed by atoms with van der Waals surface area (Å²) in [5.41, 5.74) is 3.00. The van der Waals surface area contributed by atoms with Gasteiger partial charge < -0.3 is 4.40 Å². The van der Waals surface area contributed by atoms with E-state index >= 15 is 0 Å². The van der Waals surface area contributed by atoms with E-state index in [0.717, 1.165) is 11.1 Å². The van der Waals surface area contributed by atoms with Gasteiger partial charge in [0.2, 0.25) is 5.78 Å². The van der Waals surface area contributed by atoms with Crippen molar-refractivity contribution in [3.63, 3.8) is 0 Å². The molecule has 0 amide bonds. The van der Waals surface area contributed by atoms with Gasteiger partial charge in [0.05, 0.1) is 18.7 Å². The predicted octanol–water partition coefficient (Wildman–Crippen LogP) is 3.91. The fourth-order valence-electron chi connectivity index (χ4n) is 3.21. The highest BCUT2D eigenvalue weighted by Gasteiger charge is 2.32. The number of benzene rings is 1. The molecule has 0 bridgehead atoms. The van der Waals surface area contributed by atoms with Crippen LogP contribution in [0.15, 0.2) is 52.4 Å². The molecule has 0 N–H and O–H groups in total. The Balaban J connectivity index is 2.35. The van der Waals surface area contributed by atoms with E-state index in [1.54, 1.807) is 48.7 Å². The SMILES string of the molecule is CCOS(=O)c1c(S(=O)OCC)c2ccccn2c1C(=O)c1ccc(C)cc1C. The van der Waals surface area contributed by atoms with Crippen LogP contribution in [0, 0.1) is 13.8 Å². The summed E-state index contributed by atoms with van der Waals surface area (Å²) in [6.07, 6.45) is 1.69. The van der Waals surface area contributed by atoms with E-state index in [1.165, 1.54) is 0 Å². The Kier molecular flexibility index (Phi) is 6.79. The number of pyridine rings is 1. The number of rotatable bonds is 8. The van der Waals surface area contributed by atoms with Crippen LogP contribution < -0.4 is 0 Å². The van der Waals surface area contributed by atoms with Crippen LogP contribution >= 0.6 is 0 Å². The van der Waals surface area contributed by atoms with E-state index in [-0.39, 0.29) is 34.5 Å². The Morgan fingerprint density at radius 2 is 1.62 bits per heavy atom. The minimum absolute atomic E-state index is 0.0924. The molecule has 2 heterocycles. The summed E-state index contributed by atoms with van der Waals surface area (Å²) in [5.74, 6) is -0.313. The third kappa shape index (κ3) is 4.11. The van der Waals surface area contributed by atoms with Crippen LogP contribution in [-0.2, 0) is 30.5 Å². The van der Waals surface area contributed by atoms with Gasteiger partial charge in [-0.2, -0.15) is 0 Å². The summed E-state index contributed by atoms with van der Waals surface area (Å²) in [4.78, 5) is 13.9. The minimum atomic E-state index is -1.98. The van der Waals surface area contributed by atoms with Gasteiger partial charge in [0.1, 0.15) is 15.5 Å². The van der Waals surface area contributed by atoms with Crippen molar-refractivity contribution in [1.82, 2.24) is 4.40 Å². The molecule has 0 spiro atoms. The van der Waals surface area contributed by atoms with Crippen LogP contribution in [0.1, 0.15) is 41.0 Å². The molecule has 0 aliphatic carbocycles. The number of nitrogens with zero attached hydrogens (tertiary/aromatic N) is 1. The smallest absolute Gasteiger partial charge is 0.211 e. The quantitative estimate of drug-likeness (QED) is 0.504. The molecular formula is C21H23NO5S2. The molecular weight excluding hydrogens is 410 g/mol. The lowest BCUT2D eigenvalue weighted by atomic mass is 10.0. The number of hydrogen-bond donors (Lipinski definition) is 0. The average Bonchev–Trinajstić information content (AvgIpc) is 3.03. The molecule has 154 valence electrons. The second-order valence-electron chi connectivity index (χ2n) is 6.39. The number of fused-ring (bicyclic) bond motifs is 1. The number of ketones is 1. The maximum absolute atomic E-state index is 13.6. The first-order chi connectivity index (χ1) is 13.9. The van der Waals surface area contributed by atoms with Gasteiger partial charge in [-0.15, -0.1) is 0 Å². The van der Waals surface area contributed by atoms with Gasteiger partial charge in [-0.3, -0.25) is 13.2 Å². The summed E-state index contributed by atoms with van der Waals surface area (Å²) in [5, 5.41) is 0. The third-order valence-corrected chi connectivity index (χ3v) is 6.89. The van der Waals surface area contributed by atoms with Gasteiger partial charge in [0.15, 0.2) is 22.2 Å². The summed E-state index contributed by atoms with van der Waals surface area (Å²) in [6, 6.07) is 10.8. The molecule has 2 unspecified atom stereocenters. The predicted molar refractivity (Wildman–Crippen MR) is 113 cm³/mol. The molecule has 2 aromatic heterocycles. The van der Waals surface area contributed by atoms with Crippen LogP contribution in [0.4, 0.5) is 0 Å². The lowest BCUT2D eigenvalue weighted by Gasteiger charge is -2.09. The van der Waals surface area contributed by atoms with Crippen LogP contribution in [0.5, 0.6) is 0 Å². The molecule has 0 fully saturated rings. The Labute approximate surface area is 175 Å². The standard InChI is InChI=1S/C21H23NO5S2/c1-5-26-28(24)20-17-9-7-8-12-22(17)18(21(20)29(25)27-6-2)19(23)16-11-10-14(3)13-15(16)4/h7-13H,5-6H2,1-4H3. The van der Waals surface area contributed by atoms with Gasteiger partial charge in [-0.1, -0.05) is 29.8 Å². The van der Waals surface area contributed by atoms with Gasteiger partial charge in [0.25, 0.3) is 0 Å². The minimum Gasteiger partial charge on any atom is -0.311 e. The normalized spacial score (nSPS) is 13.5. The first kappa shape index (κ1) is 21.6. The van der Waals surface area contributed by atoms with Gasteiger partial charge in [-0.25, -0.2) is 8.42 Å². The fourth-order valence-corrected chi connectivity index (χ4v) is 5.47. The summed E-state index contributed by atoms with van der Waals surface area (Å²) < 4.78 is 38.1. The lowest BCUT2D eigenvalue weighted by molar-refractivity contribution is 0.102. The van der Waals surface area contributed by atoms with Crippen molar-refractivity contribution in [3.8, 4) is 0 Å². The number of aromatic nitrogens is 1. The molecule has 0 radical (unpaired) electrons. The highest BCUT2D eigenvalue weighted by atomic mass is 32.2. The first-order valence-corrected chi connectivity index (χ1v) is 11.4. The maximum Gasteiger partial charge on any atom is 0.211 e. The van der Waals surface area contributed by atoms with Crippen LogP contribution in [0.3, 0.4) is 0 Å². The fraction of sp³-hybridized carbons (Fsp3) is 0.286. The van der Waals surface area contributed by atoms with Crippen LogP contribution in [-0.4, -0.2) is 31.8 Å². The van der Waals surface area contributed by atoms with Crippen molar-refractivity contribution in [1.29, 1.82) is 0 Å². The second kappa shape index (κ2) is 9.13. The topological polar surface area (TPSA) is 74.1 Å². The molecule has 0 saturated carbocycles. The Morgan fingerprint density at radius 3 is 2.24 bits per heavy atom. The average molecular weight is 434 g/mol. The van der Waals surface area contributed by atoms with E-state index in [1.807, 2.05) is 26.0 Å². The molecule has 6 nitrogen and oxygen atoms in total. The zero-order chi connectivity index (χ0) is 21.1. The molecule has 29 heavy (non-hydrogen) atoms. The van der Waals surface area contributed by atoms with Crippen molar-refractivity contribution in [2.75, 3.05) is 13.2 Å². The monoisotopic (exact) mass is 433 g/mol. The summed E-state index contributed by atoms with van der Waals surface area (Å²) in [6.45, 7) is 7.62. The molecule has 2 atom stereocenters. The van der Waals surface area contributed by atoms with E-state index < -0.39 is 22.2 Å². The lowest BCUT2D eigenvalue weighted by Crippen LogP contribution is -2.12. The van der Waals surface area contributed by atoms with E-state index in [2.05, 4.69) is 0 Å². The Morgan fingerprint density at radius 1 is 0.966 bits per heavy atom. The van der Waals surface area contributed by atoms with E-state index in [0.29, 0.717) is 11.1 Å². The second-order valence-corrected chi connectivity index (χ2v) is 8.62. The molecule has 3 aromatic rings. The summed E-state index contributed by atoms with van der Waals surface area (Å²) >= 11 is -3.88. The Bertz CT molecular complexity index is 1120. The molecule has 3 rings (SSSR count). The van der Waals surface area contributed by atoms with Crippen molar-refractivity contribution in [2.45, 2.75) is 37.5 Å². The van der Waals surface area contributed by atoms with Crippen molar-refractivity contribution >= 4 is 33.5 Å². The zero-order valence-corrected chi connectivity index (χ0v) is 18.4. The maximum atomic E-state index is 13.6. The summed E-state index contributed by atoms with van der Waals surface area (Å²) in [7, 11) is 0. The zero-order valence-electron chi connectivity index (χ0n) is 16.8. The Hall–Kier alpha value is -2.13. The van der Waals surface area contributed by atoms with Crippen molar-refractivity contribution in [2.24, 2.45) is 0 Å². The van der Waals surface area contributed by atoms with Crippen LogP contribution in [0.2, 0.25) is 0 Å². The number of aryl methyl sites for hydroxylation is 2. The molecule has 8 heteroatoms. The largest absolute Gasteiger partial charge is 0.311 e. The van der Waals surface area contributed by atoms with Crippen molar-refractivity contribution in [3.05, 3.63) is 65.0 Å². The number of carbonyl (C=O) groups excluding carboxylic acids is 1. The highest BCUT2D eigenvalue weighted by molar-refractivity contribution is 7.83. The van der Waals surface area contributed by atoms with Gasteiger partial charge in [0, 0.05) is 11.8 Å². The van der Waals surface area contributed by atoms with Gasteiger partial charge >= 0.3 is 0 Å². The molecule has 0 aliphatic heterocycles. The van der Waals surface area contributed by atoms with Crippen molar-refractivity contribution < 1.29 is 21.6 Å². The van der Waals surface area contributed by atoms with Gasteiger partial charge in [-0.05, 0) is 45.4 Å². The molecule has 0 saturated heterocycles. The van der Waals surface area contributed by atoms with E-state index in [9.17, 15) is 13.2 Å². The molecule has 1 aromatic carbocycles. The highest BCUT2D eigenvalue weighted by Crippen LogP contribution is 2.33. The third-order valence-electron chi connectivity index (χ3n) is 4.38. The van der Waals surface area contributed by atoms with Crippen LogP contribution in [0.25, 0.3) is 5.52 Å². The number of hydrogen-bond acceptors (Lipinski definition) is 5.